The molecule has 4 heteroatoms. The second kappa shape index (κ2) is 5.34. The van der Waals surface area contributed by atoms with Crippen LogP contribution in [0.4, 0.5) is 0 Å². The van der Waals surface area contributed by atoms with Crippen LogP contribution in [0.15, 0.2) is 18.3 Å². The second-order valence-corrected chi connectivity index (χ2v) is 3.15. The predicted molar refractivity (Wildman–Crippen MR) is 58.2 cm³/mol. The SMILES string of the molecule is C/C=C/C(=O)c1c(OC)cnn1CCC. The van der Waals surface area contributed by atoms with Gasteiger partial charge in [-0.2, -0.15) is 5.10 Å². The summed E-state index contributed by atoms with van der Waals surface area (Å²) in [6, 6.07) is 0. The number of allylic oxidation sites excluding steroid dienone is 2. The lowest BCUT2D eigenvalue weighted by molar-refractivity contribution is 0.103. The summed E-state index contributed by atoms with van der Waals surface area (Å²) in [6.07, 6.45) is 5.74. The first-order chi connectivity index (χ1) is 7.24. The summed E-state index contributed by atoms with van der Waals surface area (Å²) in [5.41, 5.74) is 0.525. The number of aryl methyl sites for hydroxylation is 1. The van der Waals surface area contributed by atoms with E-state index in [4.69, 9.17) is 4.74 Å². The standard InChI is InChI=1S/C11H16N2O2/c1-4-6-9(14)11-10(15-3)8-12-13(11)7-5-2/h4,6,8H,5,7H2,1-3H3/b6-4+. The highest BCUT2D eigenvalue weighted by atomic mass is 16.5. The number of methoxy groups -OCH3 is 1. The minimum Gasteiger partial charge on any atom is -0.493 e. The highest BCUT2D eigenvalue weighted by Gasteiger charge is 2.16. The summed E-state index contributed by atoms with van der Waals surface area (Å²) in [7, 11) is 1.54. The Morgan fingerprint density at radius 2 is 2.40 bits per heavy atom. The Bertz CT molecular complexity index is 367. The number of hydrogen-bond donors (Lipinski definition) is 0. The lowest BCUT2D eigenvalue weighted by Crippen LogP contribution is -2.09. The van der Waals surface area contributed by atoms with Gasteiger partial charge in [-0.3, -0.25) is 9.48 Å². The summed E-state index contributed by atoms with van der Waals surface area (Å²) < 4.78 is 6.78. The van der Waals surface area contributed by atoms with Crippen molar-refractivity contribution >= 4 is 5.78 Å². The zero-order valence-electron chi connectivity index (χ0n) is 9.36. The molecular formula is C11H16N2O2. The molecule has 0 N–H and O–H groups in total. The fourth-order valence-corrected chi connectivity index (χ4v) is 1.38. The molecule has 0 aliphatic rings. The molecule has 0 unspecified atom stereocenters. The lowest BCUT2D eigenvalue weighted by Gasteiger charge is -2.04. The minimum absolute atomic E-state index is 0.0692. The normalized spacial score (nSPS) is 10.9. The number of rotatable bonds is 5. The van der Waals surface area contributed by atoms with Gasteiger partial charge in [0, 0.05) is 6.54 Å². The molecule has 15 heavy (non-hydrogen) atoms. The third-order valence-corrected chi connectivity index (χ3v) is 2.01. The first-order valence-corrected chi connectivity index (χ1v) is 5.01. The number of carbonyl (C=O) groups excluding carboxylic acids is 1. The fraction of sp³-hybridized carbons (Fsp3) is 0.455. The third-order valence-electron chi connectivity index (χ3n) is 2.01. The molecule has 0 aliphatic heterocycles. The quantitative estimate of drug-likeness (QED) is 0.549. The average Bonchev–Trinajstić information content (AvgIpc) is 2.62. The zero-order valence-corrected chi connectivity index (χ0v) is 9.36. The second-order valence-electron chi connectivity index (χ2n) is 3.15. The number of hydrogen-bond acceptors (Lipinski definition) is 3. The van der Waals surface area contributed by atoms with Crippen molar-refractivity contribution in [3.05, 3.63) is 24.0 Å². The highest BCUT2D eigenvalue weighted by molar-refractivity contribution is 6.05. The lowest BCUT2D eigenvalue weighted by atomic mass is 10.2. The molecule has 0 saturated carbocycles. The predicted octanol–water partition coefficient (Wildman–Crippen LogP) is 2.06. The summed E-state index contributed by atoms with van der Waals surface area (Å²) in [6.45, 7) is 4.57. The van der Waals surface area contributed by atoms with Crippen molar-refractivity contribution in [2.45, 2.75) is 26.8 Å². The van der Waals surface area contributed by atoms with Crippen LogP contribution in [0.2, 0.25) is 0 Å². The number of ketones is 1. The van der Waals surface area contributed by atoms with E-state index in [-0.39, 0.29) is 5.78 Å². The van der Waals surface area contributed by atoms with Crippen LogP contribution >= 0.6 is 0 Å². The molecule has 0 fully saturated rings. The molecule has 82 valence electrons. The zero-order chi connectivity index (χ0) is 11.3. The van der Waals surface area contributed by atoms with Crippen LogP contribution in [0.1, 0.15) is 30.8 Å². The number of ether oxygens (including phenoxy) is 1. The van der Waals surface area contributed by atoms with Gasteiger partial charge in [0.15, 0.2) is 11.4 Å². The van der Waals surface area contributed by atoms with Crippen molar-refractivity contribution < 1.29 is 9.53 Å². The van der Waals surface area contributed by atoms with Gasteiger partial charge in [0.1, 0.15) is 0 Å². The third kappa shape index (κ3) is 2.46. The van der Waals surface area contributed by atoms with Gasteiger partial charge in [-0.15, -0.1) is 0 Å². The number of nitrogens with zero attached hydrogens (tertiary/aromatic N) is 2. The molecule has 1 aromatic heterocycles. The molecular weight excluding hydrogens is 192 g/mol. The van der Waals surface area contributed by atoms with E-state index in [0.717, 1.165) is 13.0 Å². The van der Waals surface area contributed by atoms with E-state index >= 15 is 0 Å². The largest absolute Gasteiger partial charge is 0.493 e. The van der Waals surface area contributed by atoms with Crippen molar-refractivity contribution in [3.63, 3.8) is 0 Å². The van der Waals surface area contributed by atoms with E-state index in [1.165, 1.54) is 6.08 Å². The Balaban J connectivity index is 3.09. The fourth-order valence-electron chi connectivity index (χ4n) is 1.38. The summed E-state index contributed by atoms with van der Waals surface area (Å²) in [5.74, 6) is 0.465. The minimum atomic E-state index is -0.0692. The Labute approximate surface area is 89.5 Å². The maximum Gasteiger partial charge on any atom is 0.207 e. The van der Waals surface area contributed by atoms with E-state index in [2.05, 4.69) is 5.10 Å². The molecule has 0 bridgehead atoms. The Morgan fingerprint density at radius 3 is 2.93 bits per heavy atom. The van der Waals surface area contributed by atoms with Gasteiger partial charge in [0.05, 0.1) is 13.3 Å². The molecule has 0 saturated heterocycles. The molecule has 0 radical (unpaired) electrons. The van der Waals surface area contributed by atoms with E-state index in [1.54, 1.807) is 24.1 Å². The maximum atomic E-state index is 11.8. The molecule has 0 spiro atoms. The van der Waals surface area contributed by atoms with Gasteiger partial charge in [0.25, 0.3) is 0 Å². The highest BCUT2D eigenvalue weighted by Crippen LogP contribution is 2.18. The van der Waals surface area contributed by atoms with Gasteiger partial charge in [-0.1, -0.05) is 13.0 Å². The molecule has 1 aromatic rings. The smallest absolute Gasteiger partial charge is 0.207 e. The van der Waals surface area contributed by atoms with Gasteiger partial charge >= 0.3 is 0 Å². The first-order valence-electron chi connectivity index (χ1n) is 5.01. The van der Waals surface area contributed by atoms with E-state index in [9.17, 15) is 4.79 Å². The number of carbonyl (C=O) groups is 1. The van der Waals surface area contributed by atoms with Crippen LogP contribution in [-0.2, 0) is 6.54 Å². The van der Waals surface area contributed by atoms with Crippen molar-refractivity contribution in [2.24, 2.45) is 0 Å². The summed E-state index contributed by atoms with van der Waals surface area (Å²) >= 11 is 0. The van der Waals surface area contributed by atoms with Crippen molar-refractivity contribution in [1.29, 1.82) is 0 Å². The molecule has 0 aromatic carbocycles. The van der Waals surface area contributed by atoms with Gasteiger partial charge in [0.2, 0.25) is 5.78 Å². The Morgan fingerprint density at radius 1 is 1.67 bits per heavy atom. The van der Waals surface area contributed by atoms with Crippen molar-refractivity contribution in [1.82, 2.24) is 9.78 Å². The molecule has 0 amide bonds. The molecule has 0 atom stereocenters. The van der Waals surface area contributed by atoms with Crippen LogP contribution in [0.3, 0.4) is 0 Å². The Kier molecular flexibility index (Phi) is 4.09. The van der Waals surface area contributed by atoms with E-state index in [1.807, 2.05) is 13.8 Å². The monoisotopic (exact) mass is 208 g/mol. The molecule has 1 heterocycles. The van der Waals surface area contributed by atoms with Crippen molar-refractivity contribution in [2.75, 3.05) is 7.11 Å². The van der Waals surface area contributed by atoms with Crippen LogP contribution in [0.25, 0.3) is 0 Å². The molecule has 1 rings (SSSR count). The Hall–Kier alpha value is -1.58. The van der Waals surface area contributed by atoms with Crippen molar-refractivity contribution in [3.8, 4) is 5.75 Å². The average molecular weight is 208 g/mol. The molecule has 0 aliphatic carbocycles. The van der Waals surface area contributed by atoms with Crippen LogP contribution < -0.4 is 4.74 Å². The van der Waals surface area contributed by atoms with Gasteiger partial charge in [-0.05, 0) is 19.4 Å². The van der Waals surface area contributed by atoms with Crippen LogP contribution in [-0.4, -0.2) is 22.7 Å². The van der Waals surface area contributed by atoms with Crippen LogP contribution in [0.5, 0.6) is 5.75 Å². The first kappa shape index (κ1) is 11.5. The van der Waals surface area contributed by atoms with E-state index in [0.29, 0.717) is 11.4 Å². The molecule has 4 nitrogen and oxygen atoms in total. The number of aromatic nitrogens is 2. The summed E-state index contributed by atoms with van der Waals surface area (Å²) in [4.78, 5) is 11.8. The van der Waals surface area contributed by atoms with Gasteiger partial charge in [-0.25, -0.2) is 0 Å². The van der Waals surface area contributed by atoms with Gasteiger partial charge < -0.3 is 4.74 Å². The maximum absolute atomic E-state index is 11.8. The van der Waals surface area contributed by atoms with E-state index < -0.39 is 0 Å². The van der Waals surface area contributed by atoms with Crippen LogP contribution in [0, 0.1) is 0 Å². The summed E-state index contributed by atoms with van der Waals surface area (Å²) in [5, 5.41) is 4.12. The topological polar surface area (TPSA) is 44.1 Å².